The Bertz CT molecular complexity index is 985. The van der Waals surface area contributed by atoms with Gasteiger partial charge in [-0.15, -0.1) is 11.3 Å². The molecule has 2 aromatic rings. The van der Waals surface area contributed by atoms with E-state index in [1.807, 2.05) is 6.92 Å². The number of fused-ring (bicyclic) bond motifs is 1. The summed E-state index contributed by atoms with van der Waals surface area (Å²) in [5.41, 5.74) is 1.17. The van der Waals surface area contributed by atoms with E-state index in [1.165, 1.54) is 22.2 Å². The van der Waals surface area contributed by atoms with Gasteiger partial charge in [-0.05, 0) is 39.2 Å². The molecule has 3 rings (SSSR count). The van der Waals surface area contributed by atoms with E-state index >= 15 is 0 Å². The molecule has 0 spiro atoms. The summed E-state index contributed by atoms with van der Waals surface area (Å²) < 4.78 is 23.8. The minimum absolute atomic E-state index is 0.00503. The van der Waals surface area contributed by atoms with Crippen molar-refractivity contribution in [2.45, 2.75) is 58.0 Å². The van der Waals surface area contributed by atoms with E-state index in [1.54, 1.807) is 16.2 Å². The van der Waals surface area contributed by atoms with Crippen LogP contribution in [0.3, 0.4) is 0 Å². The van der Waals surface area contributed by atoms with Crippen LogP contribution in [-0.2, 0) is 14.6 Å². The zero-order valence-corrected chi connectivity index (χ0v) is 19.3. The van der Waals surface area contributed by atoms with E-state index < -0.39 is 9.84 Å². The summed E-state index contributed by atoms with van der Waals surface area (Å²) in [6.45, 7) is 8.70. The number of amides is 1. The first-order chi connectivity index (χ1) is 13.2. The van der Waals surface area contributed by atoms with Crippen LogP contribution in [0.5, 0.6) is 0 Å². The second kappa shape index (κ2) is 8.67. The monoisotopic (exact) mass is 441 g/mol. The van der Waals surface area contributed by atoms with Crippen molar-refractivity contribution in [3.05, 3.63) is 16.3 Å². The Morgan fingerprint density at radius 2 is 2.04 bits per heavy atom. The second-order valence-electron chi connectivity index (χ2n) is 7.33. The number of aromatic nitrogens is 2. The van der Waals surface area contributed by atoms with Crippen molar-refractivity contribution in [2.75, 3.05) is 23.8 Å². The summed E-state index contributed by atoms with van der Waals surface area (Å²) in [4.78, 5) is 26.1. The van der Waals surface area contributed by atoms with Crippen LogP contribution in [-0.4, -0.2) is 59.0 Å². The van der Waals surface area contributed by atoms with Crippen LogP contribution in [0.2, 0.25) is 0 Å². The SMILES string of the molecule is CCCCN(C(=O)CSc1nc(C)nc2sc(C)c(C)c12)C1CCS(=O)(=O)C1. The van der Waals surface area contributed by atoms with E-state index in [2.05, 4.69) is 30.7 Å². The summed E-state index contributed by atoms with van der Waals surface area (Å²) in [7, 11) is -3.02. The predicted molar refractivity (Wildman–Crippen MR) is 116 cm³/mol. The Balaban J connectivity index is 1.78. The number of carbonyl (C=O) groups excluding carboxylic acids is 1. The Morgan fingerprint density at radius 3 is 2.68 bits per heavy atom. The maximum absolute atomic E-state index is 13.0. The van der Waals surface area contributed by atoms with Crippen LogP contribution in [0.4, 0.5) is 0 Å². The molecular weight excluding hydrogens is 414 g/mol. The predicted octanol–water partition coefficient (Wildman–Crippen LogP) is 3.52. The van der Waals surface area contributed by atoms with Crippen molar-refractivity contribution < 1.29 is 13.2 Å². The van der Waals surface area contributed by atoms with E-state index in [-0.39, 0.29) is 29.2 Å². The number of thioether (sulfide) groups is 1. The van der Waals surface area contributed by atoms with Crippen LogP contribution < -0.4 is 0 Å². The van der Waals surface area contributed by atoms with E-state index in [9.17, 15) is 13.2 Å². The maximum atomic E-state index is 13.0. The van der Waals surface area contributed by atoms with Gasteiger partial charge in [0.25, 0.3) is 0 Å². The summed E-state index contributed by atoms with van der Waals surface area (Å²) in [5.74, 6) is 1.23. The zero-order valence-electron chi connectivity index (χ0n) is 16.8. The fraction of sp³-hybridized carbons (Fsp3) is 0.632. The topological polar surface area (TPSA) is 80.2 Å². The van der Waals surface area contributed by atoms with Gasteiger partial charge in [0.15, 0.2) is 9.84 Å². The van der Waals surface area contributed by atoms with Crippen LogP contribution in [0.25, 0.3) is 10.2 Å². The molecule has 0 radical (unpaired) electrons. The van der Waals surface area contributed by atoms with Crippen molar-refractivity contribution in [3.63, 3.8) is 0 Å². The molecule has 0 N–H and O–H groups in total. The Hall–Kier alpha value is -1.19. The number of nitrogens with zero attached hydrogens (tertiary/aromatic N) is 3. The van der Waals surface area contributed by atoms with Gasteiger partial charge in [0.1, 0.15) is 15.7 Å². The van der Waals surface area contributed by atoms with Crippen LogP contribution in [0.15, 0.2) is 5.03 Å². The van der Waals surface area contributed by atoms with Crippen molar-refractivity contribution in [1.82, 2.24) is 14.9 Å². The standard InChI is InChI=1S/C19H27N3O3S3/c1-5-6-8-22(15-7-9-28(24,25)11-15)16(23)10-26-18-17-12(2)13(3)27-19(17)21-14(4)20-18/h15H,5-11H2,1-4H3. The Labute approximate surface area is 175 Å². The summed E-state index contributed by atoms with van der Waals surface area (Å²) in [5, 5.41) is 1.88. The molecule has 9 heteroatoms. The fourth-order valence-corrected chi connectivity index (χ4v) is 7.38. The molecule has 1 aliphatic heterocycles. The third kappa shape index (κ3) is 4.68. The Kier molecular flexibility index (Phi) is 6.66. The third-order valence-corrected chi connectivity index (χ3v) is 8.97. The number of thiophene rings is 1. The summed E-state index contributed by atoms with van der Waals surface area (Å²) >= 11 is 3.09. The van der Waals surface area contributed by atoms with Gasteiger partial charge in [0, 0.05) is 22.8 Å². The van der Waals surface area contributed by atoms with Gasteiger partial charge in [-0.2, -0.15) is 0 Å². The zero-order chi connectivity index (χ0) is 20.5. The van der Waals surface area contributed by atoms with E-state index in [0.29, 0.717) is 18.8 Å². The molecule has 1 aliphatic rings. The van der Waals surface area contributed by atoms with Crippen LogP contribution in [0.1, 0.15) is 42.5 Å². The summed E-state index contributed by atoms with van der Waals surface area (Å²) in [6.07, 6.45) is 2.39. The lowest BCUT2D eigenvalue weighted by Crippen LogP contribution is -2.42. The van der Waals surface area contributed by atoms with Gasteiger partial charge in [-0.1, -0.05) is 25.1 Å². The highest BCUT2D eigenvalue weighted by Gasteiger charge is 2.34. The number of sulfone groups is 1. The van der Waals surface area contributed by atoms with Gasteiger partial charge in [-0.25, -0.2) is 18.4 Å². The quantitative estimate of drug-likeness (QED) is 0.483. The van der Waals surface area contributed by atoms with Crippen molar-refractivity contribution in [1.29, 1.82) is 0 Å². The van der Waals surface area contributed by atoms with Crippen LogP contribution in [0, 0.1) is 20.8 Å². The average molecular weight is 442 g/mol. The molecule has 28 heavy (non-hydrogen) atoms. The van der Waals surface area contributed by atoms with Crippen molar-refractivity contribution in [3.8, 4) is 0 Å². The molecule has 1 fully saturated rings. The van der Waals surface area contributed by atoms with Crippen molar-refractivity contribution >= 4 is 49.1 Å². The number of hydrogen-bond acceptors (Lipinski definition) is 7. The van der Waals surface area contributed by atoms with Gasteiger partial charge in [0.05, 0.1) is 17.3 Å². The minimum atomic E-state index is -3.02. The van der Waals surface area contributed by atoms with Crippen molar-refractivity contribution in [2.24, 2.45) is 0 Å². The van der Waals surface area contributed by atoms with E-state index in [4.69, 9.17) is 0 Å². The molecule has 2 aromatic heterocycles. The van der Waals surface area contributed by atoms with Gasteiger partial charge in [-0.3, -0.25) is 4.79 Å². The molecule has 1 atom stereocenters. The lowest BCUT2D eigenvalue weighted by molar-refractivity contribution is -0.130. The van der Waals surface area contributed by atoms with Gasteiger partial charge < -0.3 is 4.90 Å². The molecule has 1 amide bonds. The highest BCUT2D eigenvalue weighted by Crippen LogP contribution is 2.35. The smallest absolute Gasteiger partial charge is 0.233 e. The first-order valence-electron chi connectivity index (χ1n) is 9.59. The fourth-order valence-electron chi connectivity index (χ4n) is 3.49. The summed E-state index contributed by atoms with van der Waals surface area (Å²) in [6, 6.07) is -0.193. The molecule has 0 bridgehead atoms. The first-order valence-corrected chi connectivity index (χ1v) is 13.2. The normalized spacial score (nSPS) is 18.6. The molecule has 0 aliphatic carbocycles. The molecule has 154 valence electrons. The molecule has 0 aromatic carbocycles. The molecular formula is C19H27N3O3S3. The number of aryl methyl sites for hydroxylation is 3. The maximum Gasteiger partial charge on any atom is 0.233 e. The van der Waals surface area contributed by atoms with E-state index in [0.717, 1.165) is 28.1 Å². The number of carbonyl (C=O) groups is 1. The third-order valence-electron chi connectivity index (χ3n) is 5.16. The molecule has 0 saturated carbocycles. The highest BCUT2D eigenvalue weighted by molar-refractivity contribution is 8.00. The highest BCUT2D eigenvalue weighted by atomic mass is 32.2. The first kappa shape index (κ1) is 21.5. The largest absolute Gasteiger partial charge is 0.338 e. The molecule has 1 saturated heterocycles. The van der Waals surface area contributed by atoms with Gasteiger partial charge >= 0.3 is 0 Å². The number of hydrogen-bond donors (Lipinski definition) is 0. The molecule has 6 nitrogen and oxygen atoms in total. The number of unbranched alkanes of at least 4 members (excludes halogenated alkanes) is 1. The van der Waals surface area contributed by atoms with Crippen LogP contribution >= 0.6 is 23.1 Å². The average Bonchev–Trinajstić information content (AvgIpc) is 3.12. The number of rotatable bonds is 7. The lowest BCUT2D eigenvalue weighted by atomic mass is 10.2. The lowest BCUT2D eigenvalue weighted by Gasteiger charge is -2.28. The molecule has 1 unspecified atom stereocenters. The molecule has 3 heterocycles. The second-order valence-corrected chi connectivity index (χ2v) is 11.7. The Morgan fingerprint density at radius 1 is 1.29 bits per heavy atom. The minimum Gasteiger partial charge on any atom is -0.338 e. The van der Waals surface area contributed by atoms with Gasteiger partial charge in [0.2, 0.25) is 5.91 Å².